The predicted molar refractivity (Wildman–Crippen MR) is 63.5 cm³/mol. The molecule has 104 valence electrons. The maximum Gasteiger partial charge on any atom is 0.360 e. The number of thioether (sulfide) groups is 1. The topological polar surface area (TPSA) is 168 Å². The van der Waals surface area contributed by atoms with Gasteiger partial charge in [0, 0.05) is 12.7 Å². The molecule has 0 saturated carbocycles. The normalized spacial score (nSPS) is 14.7. The van der Waals surface area contributed by atoms with Gasteiger partial charge in [0.2, 0.25) is 11.8 Å². The molecule has 0 aromatic rings. The number of hydrogen-bond donors (Lipinski definition) is 6. The molecule has 0 aliphatic carbocycles. The molecule has 11 heteroatoms. The predicted octanol–water partition coefficient (Wildman–Crippen LogP) is -1.22. The molecular weight excluding hydrogens is 287 g/mol. The minimum Gasteiger partial charge on any atom is -0.480 e. The number of carbonyl (C=O) groups excluding carboxylic acids is 1. The highest BCUT2D eigenvalue weighted by molar-refractivity contribution is 8.14. The molecular formula is C7H13N2O7PS. The zero-order valence-corrected chi connectivity index (χ0v) is 10.9. The summed E-state index contributed by atoms with van der Waals surface area (Å²) in [5, 5.41) is 26.3. The highest BCUT2D eigenvalue weighted by Gasteiger charge is 2.31. The number of rotatable bonds is 6. The second kappa shape index (κ2) is 6.86. The quantitative estimate of drug-likeness (QED) is 0.201. The van der Waals surface area contributed by atoms with Crippen LogP contribution in [0.1, 0.15) is 6.92 Å². The maximum atomic E-state index is 10.7. The van der Waals surface area contributed by atoms with E-state index < -0.39 is 36.4 Å². The van der Waals surface area contributed by atoms with Gasteiger partial charge in [-0.15, -0.1) is 11.8 Å². The van der Waals surface area contributed by atoms with Crippen LogP contribution in [0.2, 0.25) is 0 Å². The van der Waals surface area contributed by atoms with Crippen molar-refractivity contribution in [1.29, 1.82) is 5.41 Å². The highest BCUT2D eigenvalue weighted by atomic mass is 32.2. The number of aliphatic carboxylic acids is 1. The Bertz CT molecular complexity index is 395. The Balaban J connectivity index is 4.45. The van der Waals surface area contributed by atoms with Crippen molar-refractivity contribution >= 4 is 36.3 Å². The molecule has 0 fully saturated rings. The fourth-order valence-corrected chi connectivity index (χ4v) is 2.48. The van der Waals surface area contributed by atoms with Crippen LogP contribution in [0.25, 0.3) is 0 Å². The van der Waals surface area contributed by atoms with Gasteiger partial charge in [-0.25, -0.2) is 4.79 Å². The largest absolute Gasteiger partial charge is 0.480 e. The first-order chi connectivity index (χ1) is 8.05. The van der Waals surface area contributed by atoms with Gasteiger partial charge in [0.1, 0.15) is 11.1 Å². The third-order valence-electron chi connectivity index (χ3n) is 1.63. The van der Waals surface area contributed by atoms with Crippen LogP contribution in [0.5, 0.6) is 0 Å². The average molecular weight is 300 g/mol. The van der Waals surface area contributed by atoms with Crippen molar-refractivity contribution in [2.75, 3.05) is 5.75 Å². The molecule has 0 aliphatic rings. The summed E-state index contributed by atoms with van der Waals surface area (Å²) >= 11 is 0.435. The summed E-state index contributed by atoms with van der Waals surface area (Å²) in [5.41, 5.74) is 0. The Kier molecular flexibility index (Phi) is 6.50. The molecule has 2 atom stereocenters. The third-order valence-corrected chi connectivity index (χ3v) is 3.74. The van der Waals surface area contributed by atoms with E-state index in [2.05, 4.69) is 5.32 Å². The van der Waals surface area contributed by atoms with Gasteiger partial charge in [-0.1, -0.05) is 0 Å². The summed E-state index contributed by atoms with van der Waals surface area (Å²) in [6.45, 7) is 1.11. The molecule has 0 radical (unpaired) electrons. The number of amides is 1. The SMILES string of the molecule is CC(=O)NC(CSC(=N)C(O)P(=O)(O)O)C(=O)O. The molecule has 0 saturated heterocycles. The molecule has 0 spiro atoms. The first-order valence-electron chi connectivity index (χ1n) is 4.50. The van der Waals surface area contributed by atoms with Crippen LogP contribution in [-0.4, -0.2) is 54.6 Å². The molecule has 2 unspecified atom stereocenters. The van der Waals surface area contributed by atoms with Gasteiger partial charge in [-0.3, -0.25) is 14.8 Å². The summed E-state index contributed by atoms with van der Waals surface area (Å²) in [5.74, 6) is -4.55. The van der Waals surface area contributed by atoms with E-state index in [-0.39, 0.29) is 5.75 Å². The Labute approximate surface area is 106 Å². The molecule has 0 rings (SSSR count). The first kappa shape index (κ1) is 17.1. The van der Waals surface area contributed by atoms with Crippen LogP contribution in [0.3, 0.4) is 0 Å². The molecule has 18 heavy (non-hydrogen) atoms. The number of aliphatic hydroxyl groups is 1. The molecule has 0 aromatic carbocycles. The second-order valence-corrected chi connectivity index (χ2v) is 5.96. The fourth-order valence-electron chi connectivity index (χ4n) is 0.820. The van der Waals surface area contributed by atoms with Crippen molar-refractivity contribution in [2.45, 2.75) is 18.8 Å². The smallest absolute Gasteiger partial charge is 0.360 e. The Morgan fingerprint density at radius 1 is 1.44 bits per heavy atom. The van der Waals surface area contributed by atoms with Crippen LogP contribution in [0, 0.1) is 5.41 Å². The zero-order chi connectivity index (χ0) is 14.5. The Morgan fingerprint density at radius 2 is 1.94 bits per heavy atom. The lowest BCUT2D eigenvalue weighted by molar-refractivity contribution is -0.140. The minimum absolute atomic E-state index is 0.329. The van der Waals surface area contributed by atoms with Crippen LogP contribution in [-0.2, 0) is 14.2 Å². The Hall–Kier alpha value is -0.930. The summed E-state index contributed by atoms with van der Waals surface area (Å²) in [6, 6.07) is -1.31. The average Bonchev–Trinajstić information content (AvgIpc) is 2.20. The molecule has 9 nitrogen and oxygen atoms in total. The van der Waals surface area contributed by atoms with Crippen LogP contribution in [0.4, 0.5) is 0 Å². The Morgan fingerprint density at radius 3 is 2.28 bits per heavy atom. The number of carboxylic acids is 1. The van der Waals surface area contributed by atoms with Crippen molar-refractivity contribution in [2.24, 2.45) is 0 Å². The van der Waals surface area contributed by atoms with Crippen molar-refractivity contribution in [3.8, 4) is 0 Å². The molecule has 0 bridgehead atoms. The van der Waals surface area contributed by atoms with Crippen molar-refractivity contribution in [3.63, 3.8) is 0 Å². The zero-order valence-electron chi connectivity index (χ0n) is 9.23. The molecule has 0 aliphatic heterocycles. The van der Waals surface area contributed by atoms with Crippen LogP contribution < -0.4 is 5.32 Å². The van der Waals surface area contributed by atoms with Gasteiger partial charge in [-0.2, -0.15) is 0 Å². The van der Waals surface area contributed by atoms with E-state index in [0.29, 0.717) is 11.8 Å². The summed E-state index contributed by atoms with van der Waals surface area (Å²) < 4.78 is 10.6. The lowest BCUT2D eigenvalue weighted by atomic mass is 10.3. The standard InChI is InChI=1S/C7H13N2O7PS/c1-3(10)9-4(6(11)12)2-18-5(8)7(13)17(14,15)16/h4,7-8,13H,2H2,1H3,(H,9,10)(H,11,12)(H2,14,15,16). The van der Waals surface area contributed by atoms with Gasteiger partial charge < -0.3 is 25.3 Å². The maximum absolute atomic E-state index is 10.7. The minimum atomic E-state index is -4.85. The van der Waals surface area contributed by atoms with E-state index in [4.69, 9.17) is 25.4 Å². The summed E-state index contributed by atoms with van der Waals surface area (Å²) in [6.07, 6.45) is 0. The lowest BCUT2D eigenvalue weighted by Gasteiger charge is -2.16. The van der Waals surface area contributed by atoms with Crippen molar-refractivity contribution in [3.05, 3.63) is 0 Å². The molecule has 0 heterocycles. The van der Waals surface area contributed by atoms with Crippen molar-refractivity contribution < 1.29 is 34.2 Å². The number of carboxylic acid groups (broad SMARTS) is 1. The third kappa shape index (κ3) is 6.12. The van der Waals surface area contributed by atoms with Crippen LogP contribution >= 0.6 is 19.4 Å². The van der Waals surface area contributed by atoms with Crippen molar-refractivity contribution in [1.82, 2.24) is 5.32 Å². The second-order valence-electron chi connectivity index (χ2n) is 3.23. The van der Waals surface area contributed by atoms with Gasteiger partial charge in [0.05, 0.1) is 0 Å². The van der Waals surface area contributed by atoms with E-state index in [1.54, 1.807) is 0 Å². The number of hydrogen-bond acceptors (Lipinski definition) is 6. The van der Waals surface area contributed by atoms with E-state index in [0.717, 1.165) is 6.92 Å². The molecule has 0 aromatic heterocycles. The van der Waals surface area contributed by atoms with Gasteiger partial charge in [-0.05, 0) is 0 Å². The van der Waals surface area contributed by atoms with Gasteiger partial charge in [0.25, 0.3) is 0 Å². The first-order valence-corrected chi connectivity index (χ1v) is 7.17. The summed E-state index contributed by atoms with van der Waals surface area (Å²) in [7, 11) is -4.85. The fraction of sp³-hybridized carbons (Fsp3) is 0.571. The monoisotopic (exact) mass is 300 g/mol. The van der Waals surface area contributed by atoms with Gasteiger partial charge in [0.15, 0.2) is 0 Å². The number of aliphatic hydroxyl groups excluding tert-OH is 1. The highest BCUT2D eigenvalue weighted by Crippen LogP contribution is 2.41. The summed E-state index contributed by atoms with van der Waals surface area (Å²) in [4.78, 5) is 38.6. The van der Waals surface area contributed by atoms with E-state index in [1.165, 1.54) is 0 Å². The van der Waals surface area contributed by atoms with Gasteiger partial charge >= 0.3 is 13.6 Å². The lowest BCUT2D eigenvalue weighted by Crippen LogP contribution is -2.42. The molecule has 6 N–H and O–H groups in total. The van der Waals surface area contributed by atoms with E-state index in [1.807, 2.05) is 0 Å². The molecule has 1 amide bonds. The van der Waals surface area contributed by atoms with E-state index >= 15 is 0 Å². The van der Waals surface area contributed by atoms with E-state index in [9.17, 15) is 14.2 Å². The number of carbonyl (C=O) groups is 2. The number of nitrogens with one attached hydrogen (secondary N) is 2. The van der Waals surface area contributed by atoms with Crippen LogP contribution in [0.15, 0.2) is 0 Å².